The molecule has 0 bridgehead atoms. The van der Waals surface area contributed by atoms with Crippen molar-refractivity contribution in [2.45, 2.75) is 19.9 Å². The van der Waals surface area contributed by atoms with Crippen molar-refractivity contribution in [2.24, 2.45) is 0 Å². The topological polar surface area (TPSA) is 31.4 Å². The number of nitrogens with zero attached hydrogens (tertiary/aromatic N) is 3. The second kappa shape index (κ2) is 7.87. The summed E-state index contributed by atoms with van der Waals surface area (Å²) in [5, 5.41) is 5.49. The van der Waals surface area contributed by atoms with Crippen molar-refractivity contribution in [1.29, 1.82) is 0 Å². The molecule has 2 heterocycles. The van der Waals surface area contributed by atoms with Gasteiger partial charge in [-0.05, 0) is 31.7 Å². The third-order valence-electron chi connectivity index (χ3n) is 4.81. The van der Waals surface area contributed by atoms with E-state index in [9.17, 15) is 0 Å². The lowest BCUT2D eigenvalue weighted by Gasteiger charge is -2.37. The molecule has 1 saturated heterocycles. The molecule has 0 amide bonds. The Hall–Kier alpha value is -1.07. The second-order valence-corrected chi connectivity index (χ2v) is 7.11. The van der Waals surface area contributed by atoms with Crippen LogP contribution < -0.4 is 5.32 Å². The Morgan fingerprint density at radius 2 is 1.83 bits per heavy atom. The lowest BCUT2D eigenvalue weighted by molar-refractivity contribution is 0.110. The number of rotatable bonds is 5. The molecule has 0 radical (unpaired) electrons. The minimum absolute atomic E-state index is 0.469. The maximum Gasteiger partial charge on any atom is 0.126 e. The fourth-order valence-electron chi connectivity index (χ4n) is 3.13. The van der Waals surface area contributed by atoms with Crippen molar-refractivity contribution in [1.82, 2.24) is 14.8 Å². The monoisotopic (exact) mass is 366 g/mol. The number of likely N-dealkylation sites (N-methyl/N-ethyl adjacent to an activating group) is 1. The van der Waals surface area contributed by atoms with Crippen LogP contribution in [0.25, 0.3) is 10.9 Å². The SMILES string of the molecule is CCN1CCN(C(C)CNc2ccc3ccc(Cl)c(Cl)c3n2)CC1. The lowest BCUT2D eigenvalue weighted by Crippen LogP contribution is -2.51. The van der Waals surface area contributed by atoms with Crippen LogP contribution in [0.4, 0.5) is 5.82 Å². The number of nitrogens with one attached hydrogen (secondary N) is 1. The highest BCUT2D eigenvalue weighted by Gasteiger charge is 2.20. The summed E-state index contributed by atoms with van der Waals surface area (Å²) >= 11 is 12.4. The van der Waals surface area contributed by atoms with Crippen molar-refractivity contribution in [3.8, 4) is 0 Å². The zero-order chi connectivity index (χ0) is 17.1. The van der Waals surface area contributed by atoms with Crippen LogP contribution in [0.5, 0.6) is 0 Å². The summed E-state index contributed by atoms with van der Waals surface area (Å²) in [4.78, 5) is 9.65. The van der Waals surface area contributed by atoms with Gasteiger partial charge in [0.15, 0.2) is 0 Å². The van der Waals surface area contributed by atoms with Gasteiger partial charge in [-0.1, -0.05) is 36.2 Å². The molecule has 0 spiro atoms. The summed E-state index contributed by atoms with van der Waals surface area (Å²) in [5.74, 6) is 0.839. The first-order chi connectivity index (χ1) is 11.6. The van der Waals surface area contributed by atoms with Gasteiger partial charge in [0.05, 0.1) is 15.6 Å². The van der Waals surface area contributed by atoms with Crippen molar-refractivity contribution in [2.75, 3.05) is 44.6 Å². The second-order valence-electron chi connectivity index (χ2n) is 6.33. The number of benzene rings is 1. The Labute approximate surface area is 153 Å². The normalized spacial score (nSPS) is 18.0. The summed E-state index contributed by atoms with van der Waals surface area (Å²) in [7, 11) is 0. The number of fused-ring (bicyclic) bond motifs is 1. The maximum absolute atomic E-state index is 6.27. The van der Waals surface area contributed by atoms with E-state index in [0.29, 0.717) is 16.1 Å². The van der Waals surface area contributed by atoms with Gasteiger partial charge in [0, 0.05) is 44.2 Å². The molecule has 1 atom stereocenters. The molecule has 1 unspecified atom stereocenters. The van der Waals surface area contributed by atoms with E-state index in [0.717, 1.165) is 56.0 Å². The van der Waals surface area contributed by atoms with Gasteiger partial charge in [-0.3, -0.25) is 4.90 Å². The first kappa shape index (κ1) is 17.7. The van der Waals surface area contributed by atoms with Gasteiger partial charge in [-0.25, -0.2) is 4.98 Å². The van der Waals surface area contributed by atoms with Gasteiger partial charge >= 0.3 is 0 Å². The quantitative estimate of drug-likeness (QED) is 0.866. The van der Waals surface area contributed by atoms with E-state index in [1.54, 1.807) is 6.07 Å². The van der Waals surface area contributed by atoms with Crippen molar-refractivity contribution >= 4 is 39.9 Å². The largest absolute Gasteiger partial charge is 0.368 e. The molecule has 1 aromatic carbocycles. The fourth-order valence-corrected chi connectivity index (χ4v) is 3.50. The molecule has 1 N–H and O–H groups in total. The average molecular weight is 367 g/mol. The average Bonchev–Trinajstić information content (AvgIpc) is 2.63. The molecule has 3 rings (SSSR count). The number of halogens is 2. The number of anilines is 1. The van der Waals surface area contributed by atoms with Crippen molar-refractivity contribution in [3.05, 3.63) is 34.3 Å². The standard InChI is InChI=1S/C18H24Cl2N4/c1-3-23-8-10-24(11-9-23)13(2)12-21-16-7-5-14-4-6-15(19)17(20)18(14)22-16/h4-7,13H,3,8-12H2,1-2H3,(H,21,22). The highest BCUT2D eigenvalue weighted by molar-refractivity contribution is 6.45. The van der Waals surface area contributed by atoms with E-state index in [1.807, 2.05) is 18.2 Å². The Kier molecular flexibility index (Phi) is 5.82. The van der Waals surface area contributed by atoms with Gasteiger partial charge in [-0.15, -0.1) is 0 Å². The molecule has 24 heavy (non-hydrogen) atoms. The van der Waals surface area contributed by atoms with Crippen molar-refractivity contribution < 1.29 is 0 Å². The number of hydrogen-bond donors (Lipinski definition) is 1. The highest BCUT2D eigenvalue weighted by Crippen LogP contribution is 2.30. The van der Waals surface area contributed by atoms with Crippen LogP contribution >= 0.6 is 23.2 Å². The number of aromatic nitrogens is 1. The zero-order valence-corrected chi connectivity index (χ0v) is 15.7. The third-order valence-corrected chi connectivity index (χ3v) is 5.60. The Morgan fingerprint density at radius 1 is 1.12 bits per heavy atom. The van der Waals surface area contributed by atoms with Crippen LogP contribution in [0.15, 0.2) is 24.3 Å². The molecule has 1 aromatic heterocycles. The molecular formula is C18H24Cl2N4. The van der Waals surface area contributed by atoms with Crippen LogP contribution in [0.2, 0.25) is 10.0 Å². The minimum atomic E-state index is 0.469. The maximum atomic E-state index is 6.27. The van der Waals surface area contributed by atoms with Crippen LogP contribution in [0.3, 0.4) is 0 Å². The first-order valence-corrected chi connectivity index (χ1v) is 9.29. The summed E-state index contributed by atoms with van der Waals surface area (Å²) in [5.41, 5.74) is 0.748. The molecule has 0 saturated carbocycles. The van der Waals surface area contributed by atoms with E-state index in [2.05, 4.69) is 33.9 Å². The Bertz CT molecular complexity index is 699. The molecule has 4 nitrogen and oxygen atoms in total. The van der Waals surface area contributed by atoms with Gasteiger partial charge in [-0.2, -0.15) is 0 Å². The van der Waals surface area contributed by atoms with Gasteiger partial charge in [0.2, 0.25) is 0 Å². The highest BCUT2D eigenvalue weighted by atomic mass is 35.5. The number of pyridine rings is 1. The van der Waals surface area contributed by atoms with Crippen LogP contribution in [0, 0.1) is 0 Å². The van der Waals surface area contributed by atoms with Crippen LogP contribution in [-0.4, -0.2) is 60.1 Å². The summed E-state index contributed by atoms with van der Waals surface area (Å²) in [6, 6.07) is 8.23. The zero-order valence-electron chi connectivity index (χ0n) is 14.2. The summed E-state index contributed by atoms with van der Waals surface area (Å²) in [6.45, 7) is 11.1. The van der Waals surface area contributed by atoms with E-state index < -0.39 is 0 Å². The molecule has 6 heteroatoms. The van der Waals surface area contributed by atoms with E-state index >= 15 is 0 Å². The van der Waals surface area contributed by atoms with E-state index in [1.165, 1.54) is 0 Å². The van der Waals surface area contributed by atoms with Gasteiger partial charge in [0.25, 0.3) is 0 Å². The number of hydrogen-bond acceptors (Lipinski definition) is 4. The summed E-state index contributed by atoms with van der Waals surface area (Å²) < 4.78 is 0. The first-order valence-electron chi connectivity index (χ1n) is 8.53. The molecule has 1 aliphatic heterocycles. The summed E-state index contributed by atoms with van der Waals surface area (Å²) in [6.07, 6.45) is 0. The van der Waals surface area contributed by atoms with E-state index in [4.69, 9.17) is 23.2 Å². The third kappa shape index (κ3) is 3.94. The van der Waals surface area contributed by atoms with E-state index in [-0.39, 0.29) is 0 Å². The van der Waals surface area contributed by atoms with Gasteiger partial charge in [0.1, 0.15) is 5.82 Å². The Morgan fingerprint density at radius 3 is 2.54 bits per heavy atom. The predicted octanol–water partition coefficient (Wildman–Crippen LogP) is 3.98. The minimum Gasteiger partial charge on any atom is -0.368 e. The lowest BCUT2D eigenvalue weighted by atomic mass is 10.2. The predicted molar refractivity (Wildman–Crippen MR) is 103 cm³/mol. The number of piperazine rings is 1. The van der Waals surface area contributed by atoms with Gasteiger partial charge < -0.3 is 10.2 Å². The molecule has 130 valence electrons. The molecular weight excluding hydrogens is 343 g/mol. The van der Waals surface area contributed by atoms with Crippen molar-refractivity contribution in [3.63, 3.8) is 0 Å². The van der Waals surface area contributed by atoms with Crippen LogP contribution in [-0.2, 0) is 0 Å². The molecule has 1 fully saturated rings. The Balaban J connectivity index is 1.62. The molecule has 1 aliphatic rings. The molecule has 2 aromatic rings. The molecule has 0 aliphatic carbocycles. The smallest absolute Gasteiger partial charge is 0.126 e. The van der Waals surface area contributed by atoms with Crippen LogP contribution in [0.1, 0.15) is 13.8 Å². The fraction of sp³-hybridized carbons (Fsp3) is 0.500.